The Hall–Kier alpha value is -1.36. The average Bonchev–Trinajstić information content (AvgIpc) is 3.18. The molecule has 2 fully saturated rings. The van der Waals surface area contributed by atoms with Crippen molar-refractivity contribution >= 4 is 16.9 Å². The van der Waals surface area contributed by atoms with Gasteiger partial charge in [0, 0.05) is 48.5 Å². The van der Waals surface area contributed by atoms with Gasteiger partial charge in [-0.3, -0.25) is 4.90 Å². The highest BCUT2D eigenvalue weighted by Crippen LogP contribution is 2.45. The fourth-order valence-corrected chi connectivity index (χ4v) is 6.84. The molecule has 3 aliphatic rings. The number of quaternary nitrogens is 1. The standard InChI is InChI=1S/C28H43N5O2.HI/c1-5-11-32-18-20(29-28(34)31(6-2)7-3)16-22-21-9-8-10-24-27(21)23(17-26(22)32)25(30-24)19-33(4)12-14-35-15-13-33;/h8-10,20,22,26,30H,5-7,11-19H2,1-4H3;1H/t20?,22-,26-;/m1./s1. The quantitative estimate of drug-likeness (QED) is 0.359. The zero-order valence-corrected chi connectivity index (χ0v) is 24.6. The van der Waals surface area contributed by atoms with E-state index < -0.39 is 0 Å². The van der Waals surface area contributed by atoms with Gasteiger partial charge in [0.2, 0.25) is 0 Å². The van der Waals surface area contributed by atoms with Gasteiger partial charge in [0.15, 0.2) is 0 Å². The summed E-state index contributed by atoms with van der Waals surface area (Å²) >= 11 is 0. The second-order valence-electron chi connectivity index (χ2n) is 11.1. The molecule has 0 radical (unpaired) electrons. The van der Waals surface area contributed by atoms with Crippen LogP contribution in [0.25, 0.3) is 10.9 Å². The Morgan fingerprint density at radius 1 is 1.22 bits per heavy atom. The Labute approximate surface area is 233 Å². The summed E-state index contributed by atoms with van der Waals surface area (Å²) in [6.45, 7) is 14.8. The van der Waals surface area contributed by atoms with Gasteiger partial charge in [-0.2, -0.15) is 0 Å². The third-order valence-corrected chi connectivity index (χ3v) is 8.77. The number of carbonyl (C=O) groups is 1. The van der Waals surface area contributed by atoms with Crippen LogP contribution in [0.3, 0.4) is 0 Å². The van der Waals surface area contributed by atoms with E-state index in [1.807, 2.05) is 4.90 Å². The number of likely N-dealkylation sites (tertiary alicyclic amines) is 1. The maximum absolute atomic E-state index is 12.9. The number of fused-ring (bicyclic) bond motifs is 2. The van der Waals surface area contributed by atoms with Crippen LogP contribution in [0.15, 0.2) is 18.2 Å². The molecule has 1 aromatic carbocycles. The number of nitrogens with zero attached hydrogens (tertiary/aromatic N) is 3. The lowest BCUT2D eigenvalue weighted by molar-refractivity contribution is -0.929. The number of urea groups is 1. The van der Waals surface area contributed by atoms with Crippen LogP contribution >= 0.6 is 0 Å². The lowest BCUT2D eigenvalue weighted by Gasteiger charge is -2.47. The van der Waals surface area contributed by atoms with E-state index in [4.69, 9.17) is 4.74 Å². The number of halogens is 1. The van der Waals surface area contributed by atoms with E-state index in [2.05, 4.69) is 61.2 Å². The molecule has 0 saturated carbocycles. The normalized spacial score (nSPS) is 25.2. The van der Waals surface area contributed by atoms with Crippen LogP contribution in [0.2, 0.25) is 0 Å². The zero-order valence-electron chi connectivity index (χ0n) is 22.5. The monoisotopic (exact) mass is 609 g/mol. The number of piperidine rings is 1. The summed E-state index contributed by atoms with van der Waals surface area (Å²) in [6.07, 6.45) is 3.25. The number of benzene rings is 1. The number of amides is 2. The first kappa shape index (κ1) is 27.7. The minimum atomic E-state index is 0. The molecule has 3 atom stereocenters. The van der Waals surface area contributed by atoms with E-state index >= 15 is 0 Å². The minimum Gasteiger partial charge on any atom is -1.00 e. The molecule has 1 aromatic heterocycles. The Morgan fingerprint density at radius 3 is 2.67 bits per heavy atom. The van der Waals surface area contributed by atoms with Gasteiger partial charge < -0.3 is 48.4 Å². The minimum absolute atomic E-state index is 0. The molecule has 1 aliphatic carbocycles. The number of hydrogen-bond donors (Lipinski definition) is 2. The highest BCUT2D eigenvalue weighted by atomic mass is 127. The lowest BCUT2D eigenvalue weighted by atomic mass is 9.73. The van der Waals surface area contributed by atoms with Gasteiger partial charge in [0.05, 0.1) is 26.0 Å². The summed E-state index contributed by atoms with van der Waals surface area (Å²) < 4.78 is 6.70. The average molecular weight is 610 g/mol. The fraction of sp³-hybridized carbons (Fsp3) is 0.679. The van der Waals surface area contributed by atoms with E-state index in [0.717, 1.165) is 82.8 Å². The Balaban J connectivity index is 0.00000304. The van der Waals surface area contributed by atoms with Crippen LogP contribution in [-0.4, -0.2) is 96.9 Å². The molecule has 200 valence electrons. The van der Waals surface area contributed by atoms with Gasteiger partial charge in [-0.05, 0) is 56.8 Å². The predicted octanol–water partition coefficient (Wildman–Crippen LogP) is 0.693. The van der Waals surface area contributed by atoms with Crippen molar-refractivity contribution in [2.45, 2.75) is 64.6 Å². The first-order chi connectivity index (χ1) is 17.0. The lowest BCUT2D eigenvalue weighted by Crippen LogP contribution is -3.00. The maximum atomic E-state index is 12.9. The van der Waals surface area contributed by atoms with Crippen molar-refractivity contribution in [3.63, 3.8) is 0 Å². The Bertz CT molecular complexity index is 1050. The summed E-state index contributed by atoms with van der Waals surface area (Å²) in [5, 5.41) is 4.84. The number of H-pyrrole nitrogens is 1. The fourth-order valence-electron chi connectivity index (χ4n) is 6.84. The SMILES string of the molecule is CCCN1CC(NC(=O)N(CC)CC)C[C@@H]2c3cccc4[nH]c(C[N+]5(C)CCOCC5)c(c34)C[C@H]21.[I-]. The number of aromatic nitrogens is 1. The zero-order chi connectivity index (χ0) is 24.6. The summed E-state index contributed by atoms with van der Waals surface area (Å²) in [7, 11) is 2.38. The van der Waals surface area contributed by atoms with Crippen molar-refractivity contribution in [1.29, 1.82) is 0 Å². The van der Waals surface area contributed by atoms with Crippen molar-refractivity contribution in [1.82, 2.24) is 20.1 Å². The van der Waals surface area contributed by atoms with Crippen molar-refractivity contribution in [2.24, 2.45) is 0 Å². The predicted molar refractivity (Wildman–Crippen MR) is 141 cm³/mol. The molecule has 5 rings (SSSR count). The largest absolute Gasteiger partial charge is 1.00 e. The van der Waals surface area contributed by atoms with Gasteiger partial charge >= 0.3 is 6.03 Å². The van der Waals surface area contributed by atoms with Crippen molar-refractivity contribution < 1.29 is 38.0 Å². The number of hydrogen-bond acceptors (Lipinski definition) is 3. The number of nitrogens with one attached hydrogen (secondary N) is 2. The van der Waals surface area contributed by atoms with Crippen LogP contribution < -0.4 is 29.3 Å². The van der Waals surface area contributed by atoms with Crippen molar-refractivity contribution in [3.05, 3.63) is 35.0 Å². The number of aromatic amines is 1. The smallest absolute Gasteiger partial charge is 0.317 e. The number of ether oxygens (including phenoxy) is 1. The molecule has 7 nitrogen and oxygen atoms in total. The topological polar surface area (TPSA) is 60.6 Å². The molecule has 2 saturated heterocycles. The molecule has 2 amide bonds. The molecule has 2 N–H and O–H groups in total. The molecule has 0 spiro atoms. The summed E-state index contributed by atoms with van der Waals surface area (Å²) in [4.78, 5) is 21.3. The highest BCUT2D eigenvalue weighted by Gasteiger charge is 2.42. The summed E-state index contributed by atoms with van der Waals surface area (Å²) in [5.74, 6) is 0.449. The van der Waals surface area contributed by atoms with Gasteiger partial charge in [0.1, 0.15) is 19.6 Å². The van der Waals surface area contributed by atoms with Crippen LogP contribution in [0.4, 0.5) is 4.79 Å². The second kappa shape index (κ2) is 11.6. The van der Waals surface area contributed by atoms with Gasteiger partial charge in [-0.25, -0.2) is 4.79 Å². The van der Waals surface area contributed by atoms with Crippen LogP contribution in [0, 0.1) is 0 Å². The third kappa shape index (κ3) is 5.28. The van der Waals surface area contributed by atoms with Gasteiger partial charge in [0.25, 0.3) is 0 Å². The van der Waals surface area contributed by atoms with Crippen LogP contribution in [0.1, 0.15) is 56.4 Å². The van der Waals surface area contributed by atoms with Gasteiger partial charge in [-0.1, -0.05) is 19.1 Å². The molecule has 3 heterocycles. The molecule has 0 bridgehead atoms. The van der Waals surface area contributed by atoms with Crippen LogP contribution in [0.5, 0.6) is 0 Å². The Morgan fingerprint density at radius 2 is 1.97 bits per heavy atom. The van der Waals surface area contributed by atoms with E-state index in [1.165, 1.54) is 27.7 Å². The molecule has 8 heteroatoms. The van der Waals surface area contributed by atoms with Crippen LogP contribution in [-0.2, 0) is 17.7 Å². The Kier molecular flexibility index (Phi) is 8.90. The van der Waals surface area contributed by atoms with E-state index in [1.54, 1.807) is 0 Å². The van der Waals surface area contributed by atoms with E-state index in [-0.39, 0.29) is 36.0 Å². The van der Waals surface area contributed by atoms with Crippen molar-refractivity contribution in [2.75, 3.05) is 59.5 Å². The number of rotatable bonds is 7. The highest BCUT2D eigenvalue weighted by molar-refractivity contribution is 5.89. The molecular weight excluding hydrogens is 565 g/mol. The maximum Gasteiger partial charge on any atom is 0.317 e. The third-order valence-electron chi connectivity index (χ3n) is 8.77. The molecule has 2 aliphatic heterocycles. The number of likely N-dealkylation sites (N-methyl/N-ethyl adjacent to an activating group) is 1. The molecular formula is C28H44IN5O2. The molecule has 36 heavy (non-hydrogen) atoms. The van der Waals surface area contributed by atoms with Gasteiger partial charge in [-0.15, -0.1) is 0 Å². The number of carbonyl (C=O) groups excluding carboxylic acids is 1. The second-order valence-corrected chi connectivity index (χ2v) is 11.1. The summed E-state index contributed by atoms with van der Waals surface area (Å²) in [5.41, 5.74) is 5.71. The first-order valence-corrected chi connectivity index (χ1v) is 13.8. The molecule has 1 unspecified atom stereocenters. The van der Waals surface area contributed by atoms with E-state index in [9.17, 15) is 4.79 Å². The number of morpholine rings is 1. The molecule has 2 aromatic rings. The van der Waals surface area contributed by atoms with E-state index in [0.29, 0.717) is 12.0 Å². The summed E-state index contributed by atoms with van der Waals surface area (Å²) in [6, 6.07) is 7.58. The van der Waals surface area contributed by atoms with Crippen molar-refractivity contribution in [3.8, 4) is 0 Å². The first-order valence-electron chi connectivity index (χ1n) is 13.8.